The van der Waals surface area contributed by atoms with E-state index in [1.165, 1.54) is 36.2 Å². The summed E-state index contributed by atoms with van der Waals surface area (Å²) in [5, 5.41) is 22.3. The van der Waals surface area contributed by atoms with Crippen LogP contribution in [0.1, 0.15) is 12.5 Å². The number of nitrogens with one attached hydrogen (secondary N) is 1. The quantitative estimate of drug-likeness (QED) is 0.494. The zero-order chi connectivity index (χ0) is 17.7. The van der Waals surface area contributed by atoms with E-state index < -0.39 is 10.2 Å². The number of carbonyl (C=O) groups is 1. The van der Waals surface area contributed by atoms with Crippen LogP contribution in [0.3, 0.4) is 0 Å². The van der Waals surface area contributed by atoms with Crippen LogP contribution in [-0.2, 0) is 4.79 Å². The number of nitro groups is 1. The maximum absolute atomic E-state index is 12.2. The standard InChI is InChI=1S/C15H11ClN4O3S/c1-9(24-14-6-10(8-17)4-5-18-14)15(21)19-13-3-2-11(20(22)23)7-12(13)16/h2-7,9H,1H3,(H,19,21). The lowest BCUT2D eigenvalue weighted by Gasteiger charge is -2.12. The highest BCUT2D eigenvalue weighted by Crippen LogP contribution is 2.28. The van der Waals surface area contributed by atoms with Gasteiger partial charge in [0.05, 0.1) is 37.5 Å². The molecule has 0 aliphatic rings. The van der Waals surface area contributed by atoms with Gasteiger partial charge in [0.2, 0.25) is 5.91 Å². The fraction of sp³-hybridized carbons (Fsp3) is 0.133. The van der Waals surface area contributed by atoms with Crippen molar-refractivity contribution in [1.29, 1.82) is 5.26 Å². The Kier molecular flexibility index (Phi) is 5.73. The molecule has 9 heteroatoms. The van der Waals surface area contributed by atoms with Crippen molar-refractivity contribution >= 4 is 40.6 Å². The van der Waals surface area contributed by atoms with E-state index in [9.17, 15) is 14.9 Å². The lowest BCUT2D eigenvalue weighted by atomic mass is 10.2. The van der Waals surface area contributed by atoms with E-state index in [0.29, 0.717) is 16.3 Å². The van der Waals surface area contributed by atoms with E-state index in [-0.39, 0.29) is 16.6 Å². The second-order valence-corrected chi connectivity index (χ2v) is 6.43. The van der Waals surface area contributed by atoms with Gasteiger partial charge in [-0.15, -0.1) is 0 Å². The highest BCUT2D eigenvalue weighted by atomic mass is 35.5. The Morgan fingerprint density at radius 2 is 2.21 bits per heavy atom. The molecular weight excluding hydrogens is 352 g/mol. The third-order valence-electron chi connectivity index (χ3n) is 2.95. The molecular formula is C15H11ClN4O3S. The third kappa shape index (κ3) is 4.44. The van der Waals surface area contributed by atoms with Crippen molar-refractivity contribution < 1.29 is 9.72 Å². The average molecular weight is 363 g/mol. The molecule has 1 aromatic carbocycles. The molecule has 24 heavy (non-hydrogen) atoms. The zero-order valence-corrected chi connectivity index (χ0v) is 14.0. The van der Waals surface area contributed by atoms with E-state index >= 15 is 0 Å². The zero-order valence-electron chi connectivity index (χ0n) is 12.4. The number of halogens is 1. The summed E-state index contributed by atoms with van der Waals surface area (Å²) < 4.78 is 0. The first kappa shape index (κ1) is 17.7. The van der Waals surface area contributed by atoms with E-state index in [4.69, 9.17) is 16.9 Å². The van der Waals surface area contributed by atoms with Crippen molar-refractivity contribution in [2.24, 2.45) is 0 Å². The van der Waals surface area contributed by atoms with Crippen LogP contribution < -0.4 is 5.32 Å². The molecule has 1 amide bonds. The fourth-order valence-corrected chi connectivity index (χ4v) is 2.80. The number of nitro benzene ring substituents is 1. The van der Waals surface area contributed by atoms with Crippen molar-refractivity contribution in [2.45, 2.75) is 17.2 Å². The summed E-state index contributed by atoms with van der Waals surface area (Å²) in [4.78, 5) is 26.4. The molecule has 0 bridgehead atoms. The van der Waals surface area contributed by atoms with Gasteiger partial charge in [0.25, 0.3) is 5.69 Å². The number of hydrogen-bond donors (Lipinski definition) is 1. The molecule has 1 atom stereocenters. The van der Waals surface area contributed by atoms with E-state index in [0.717, 1.165) is 0 Å². The molecule has 0 fully saturated rings. The highest BCUT2D eigenvalue weighted by Gasteiger charge is 2.18. The van der Waals surface area contributed by atoms with Gasteiger partial charge in [-0.05, 0) is 25.1 Å². The monoisotopic (exact) mass is 362 g/mol. The summed E-state index contributed by atoms with van der Waals surface area (Å²) in [6, 6.07) is 8.98. The SMILES string of the molecule is CC(Sc1cc(C#N)ccn1)C(=O)Nc1ccc([N+](=O)[O-])cc1Cl. The molecule has 2 aromatic rings. The summed E-state index contributed by atoms with van der Waals surface area (Å²) in [6.07, 6.45) is 1.50. The number of pyridine rings is 1. The van der Waals surface area contributed by atoms with E-state index in [1.807, 2.05) is 6.07 Å². The number of anilines is 1. The first-order chi connectivity index (χ1) is 11.4. The lowest BCUT2D eigenvalue weighted by molar-refractivity contribution is -0.384. The molecule has 0 aliphatic carbocycles. The second kappa shape index (κ2) is 7.77. The third-order valence-corrected chi connectivity index (χ3v) is 4.30. The van der Waals surface area contributed by atoms with Gasteiger partial charge in [0.1, 0.15) is 0 Å². The van der Waals surface area contributed by atoms with Crippen molar-refractivity contribution in [1.82, 2.24) is 4.98 Å². The van der Waals surface area contributed by atoms with Crippen molar-refractivity contribution in [3.05, 3.63) is 57.2 Å². The largest absolute Gasteiger partial charge is 0.324 e. The topological polar surface area (TPSA) is 109 Å². The first-order valence-corrected chi connectivity index (χ1v) is 7.94. The average Bonchev–Trinajstić information content (AvgIpc) is 2.56. The van der Waals surface area contributed by atoms with Gasteiger partial charge in [-0.2, -0.15) is 5.26 Å². The Morgan fingerprint density at radius 1 is 1.46 bits per heavy atom. The van der Waals surface area contributed by atoms with Crippen molar-refractivity contribution in [2.75, 3.05) is 5.32 Å². The molecule has 0 aliphatic heterocycles. The van der Waals surface area contributed by atoms with Gasteiger partial charge in [0, 0.05) is 18.3 Å². The maximum Gasteiger partial charge on any atom is 0.271 e. The van der Waals surface area contributed by atoms with Gasteiger partial charge in [-0.1, -0.05) is 23.4 Å². The molecule has 1 heterocycles. The number of non-ortho nitro benzene ring substituents is 1. The first-order valence-electron chi connectivity index (χ1n) is 6.68. The molecule has 1 unspecified atom stereocenters. The Morgan fingerprint density at radius 3 is 2.83 bits per heavy atom. The van der Waals surface area contributed by atoms with Crippen LogP contribution in [0.15, 0.2) is 41.6 Å². The number of carbonyl (C=O) groups excluding carboxylic acids is 1. The summed E-state index contributed by atoms with van der Waals surface area (Å²) in [5.74, 6) is -0.333. The molecule has 2 rings (SSSR count). The predicted octanol–water partition coefficient (Wildman–Crippen LogP) is 3.63. The molecule has 7 nitrogen and oxygen atoms in total. The predicted molar refractivity (Wildman–Crippen MR) is 91.0 cm³/mol. The molecule has 0 spiro atoms. The van der Waals surface area contributed by atoms with Gasteiger partial charge >= 0.3 is 0 Å². The van der Waals surface area contributed by atoms with E-state index in [1.54, 1.807) is 19.1 Å². The summed E-state index contributed by atoms with van der Waals surface area (Å²) in [5.41, 5.74) is 0.593. The Labute approximate surface area is 146 Å². The van der Waals surface area contributed by atoms with Crippen LogP contribution in [0.2, 0.25) is 5.02 Å². The van der Waals surface area contributed by atoms with Crippen LogP contribution in [0.4, 0.5) is 11.4 Å². The van der Waals surface area contributed by atoms with Gasteiger partial charge in [0.15, 0.2) is 0 Å². The smallest absolute Gasteiger partial charge is 0.271 e. The van der Waals surface area contributed by atoms with Crippen LogP contribution in [-0.4, -0.2) is 21.1 Å². The van der Waals surface area contributed by atoms with Crippen LogP contribution in [0.5, 0.6) is 0 Å². The Bertz CT molecular complexity index is 838. The number of nitriles is 1. The van der Waals surface area contributed by atoms with Crippen molar-refractivity contribution in [3.63, 3.8) is 0 Å². The Hall–Kier alpha value is -2.63. The van der Waals surface area contributed by atoms with E-state index in [2.05, 4.69) is 10.3 Å². The minimum atomic E-state index is -0.566. The summed E-state index contributed by atoms with van der Waals surface area (Å²) in [6.45, 7) is 1.68. The van der Waals surface area contributed by atoms with Crippen LogP contribution >= 0.6 is 23.4 Å². The number of amides is 1. The van der Waals surface area contributed by atoms with Crippen LogP contribution in [0.25, 0.3) is 0 Å². The minimum Gasteiger partial charge on any atom is -0.324 e. The second-order valence-electron chi connectivity index (χ2n) is 4.67. The number of benzene rings is 1. The number of thioether (sulfide) groups is 1. The highest BCUT2D eigenvalue weighted by molar-refractivity contribution is 8.00. The van der Waals surface area contributed by atoms with Crippen molar-refractivity contribution in [3.8, 4) is 6.07 Å². The normalized spacial score (nSPS) is 11.4. The Balaban J connectivity index is 2.06. The van der Waals surface area contributed by atoms with Gasteiger partial charge < -0.3 is 5.32 Å². The van der Waals surface area contributed by atoms with Crippen LogP contribution in [0, 0.1) is 21.4 Å². The number of nitrogens with zero attached hydrogens (tertiary/aromatic N) is 3. The number of aromatic nitrogens is 1. The lowest BCUT2D eigenvalue weighted by Crippen LogP contribution is -2.22. The maximum atomic E-state index is 12.2. The fourth-order valence-electron chi connectivity index (χ4n) is 1.73. The van der Waals surface area contributed by atoms with Gasteiger partial charge in [-0.25, -0.2) is 4.98 Å². The molecule has 1 aromatic heterocycles. The summed E-state index contributed by atoms with van der Waals surface area (Å²) >= 11 is 7.14. The minimum absolute atomic E-state index is 0.0827. The molecule has 1 N–H and O–H groups in total. The molecule has 0 radical (unpaired) electrons. The molecule has 0 saturated heterocycles. The summed E-state index contributed by atoms with van der Waals surface area (Å²) in [7, 11) is 0. The number of rotatable bonds is 5. The molecule has 0 saturated carbocycles. The van der Waals surface area contributed by atoms with Gasteiger partial charge in [-0.3, -0.25) is 14.9 Å². The molecule has 122 valence electrons. The number of hydrogen-bond acceptors (Lipinski definition) is 6.